The Morgan fingerprint density at radius 1 is 1.26 bits per heavy atom. The summed E-state index contributed by atoms with van der Waals surface area (Å²) in [6, 6.07) is 3.26. The molecule has 9 nitrogen and oxygen atoms in total. The minimum absolute atomic E-state index is 0.0868. The summed E-state index contributed by atoms with van der Waals surface area (Å²) in [5, 5.41) is 3.43. The summed E-state index contributed by atoms with van der Waals surface area (Å²) in [4.78, 5) is 30.9. The molecule has 2 aliphatic heterocycles. The molecule has 2 fully saturated rings. The third-order valence-electron chi connectivity index (χ3n) is 4.98. The Morgan fingerprint density at radius 3 is 2.52 bits per heavy atom. The van der Waals surface area contributed by atoms with E-state index in [1.54, 1.807) is 21.9 Å². The highest BCUT2D eigenvalue weighted by Crippen LogP contribution is 2.41. The maximum atomic E-state index is 12.6. The van der Waals surface area contributed by atoms with Crippen LogP contribution in [0.1, 0.15) is 49.9 Å². The van der Waals surface area contributed by atoms with Crippen LogP contribution >= 0.6 is 0 Å². The molecule has 0 atom stereocenters. The molecular weight excluding hydrogens is 350 g/mol. The zero-order valence-corrected chi connectivity index (χ0v) is 16.0. The Labute approximate surface area is 157 Å². The fourth-order valence-electron chi connectivity index (χ4n) is 3.55. The number of hydrogen-bond donors (Lipinski definition) is 0. The molecule has 2 amide bonds. The number of hydrogen-bond acceptors (Lipinski definition) is 5. The highest BCUT2D eigenvalue weighted by molar-refractivity contribution is 5.91. The van der Waals surface area contributed by atoms with Gasteiger partial charge in [-0.05, 0) is 51.3 Å². The zero-order valence-electron chi connectivity index (χ0n) is 16.0. The van der Waals surface area contributed by atoms with E-state index < -0.39 is 5.60 Å². The topological polar surface area (TPSA) is 112 Å². The van der Waals surface area contributed by atoms with Crippen molar-refractivity contribution >= 4 is 12.0 Å². The second-order valence-electron chi connectivity index (χ2n) is 8.28. The maximum absolute atomic E-state index is 12.6. The molecule has 0 N–H and O–H groups in total. The SMILES string of the molecule is CC(C)(C)OC(=O)N1CC2(CCN(C(=O)c3ccc(CN=[N+]=[N-])o3)CC2)C1. The van der Waals surface area contributed by atoms with E-state index in [4.69, 9.17) is 14.7 Å². The molecular formula is C18H25N5O4. The molecule has 146 valence electrons. The van der Waals surface area contributed by atoms with Crippen molar-refractivity contribution in [2.45, 2.75) is 45.8 Å². The first-order chi connectivity index (χ1) is 12.7. The van der Waals surface area contributed by atoms with Crippen LogP contribution < -0.4 is 0 Å². The van der Waals surface area contributed by atoms with Crippen molar-refractivity contribution in [3.05, 3.63) is 34.1 Å². The lowest BCUT2D eigenvalue weighted by Gasteiger charge is -2.53. The van der Waals surface area contributed by atoms with Crippen LogP contribution in [0.25, 0.3) is 10.4 Å². The summed E-state index contributed by atoms with van der Waals surface area (Å²) in [5.74, 6) is 0.579. The van der Waals surface area contributed by atoms with E-state index in [1.165, 1.54) is 0 Å². The lowest BCUT2D eigenvalue weighted by Crippen LogP contribution is -2.62. The highest BCUT2D eigenvalue weighted by Gasteiger charge is 2.48. The molecule has 9 heteroatoms. The van der Waals surface area contributed by atoms with Gasteiger partial charge in [-0.2, -0.15) is 0 Å². The Morgan fingerprint density at radius 2 is 1.93 bits per heavy atom. The fraction of sp³-hybridized carbons (Fsp3) is 0.667. The molecule has 3 rings (SSSR count). The van der Waals surface area contributed by atoms with E-state index in [0.29, 0.717) is 31.9 Å². The number of furan rings is 1. The van der Waals surface area contributed by atoms with Gasteiger partial charge in [0.25, 0.3) is 5.91 Å². The van der Waals surface area contributed by atoms with E-state index in [1.807, 2.05) is 20.8 Å². The number of carbonyl (C=O) groups is 2. The van der Waals surface area contributed by atoms with Gasteiger partial charge in [-0.15, -0.1) is 0 Å². The van der Waals surface area contributed by atoms with Gasteiger partial charge in [-0.3, -0.25) is 4.79 Å². The molecule has 2 saturated heterocycles. The van der Waals surface area contributed by atoms with E-state index in [0.717, 1.165) is 12.8 Å². The van der Waals surface area contributed by atoms with Crippen LogP contribution in [0.5, 0.6) is 0 Å². The number of ether oxygens (including phenoxy) is 1. The summed E-state index contributed by atoms with van der Waals surface area (Å²) >= 11 is 0. The largest absolute Gasteiger partial charge is 0.456 e. The summed E-state index contributed by atoms with van der Waals surface area (Å²) < 4.78 is 10.9. The normalized spacial score (nSPS) is 18.6. The monoisotopic (exact) mass is 375 g/mol. The van der Waals surface area contributed by atoms with E-state index in [2.05, 4.69) is 10.0 Å². The van der Waals surface area contributed by atoms with Crippen LogP contribution in [-0.2, 0) is 11.3 Å². The standard InChI is InChI=1S/C18H25N5O4/c1-17(2,3)27-16(25)23-11-18(12-23)6-8-22(9-7-18)15(24)14-5-4-13(26-14)10-20-21-19/h4-5H,6-12H2,1-3H3. The average molecular weight is 375 g/mol. The second-order valence-corrected chi connectivity index (χ2v) is 8.28. The summed E-state index contributed by atoms with van der Waals surface area (Å²) in [6.45, 7) is 8.29. The first-order valence-electron chi connectivity index (χ1n) is 9.08. The molecule has 0 saturated carbocycles. The van der Waals surface area contributed by atoms with Gasteiger partial charge in [-0.25, -0.2) is 4.79 Å². The highest BCUT2D eigenvalue weighted by atomic mass is 16.6. The third-order valence-corrected chi connectivity index (χ3v) is 4.98. The smallest absolute Gasteiger partial charge is 0.410 e. The minimum Gasteiger partial charge on any atom is -0.456 e. The minimum atomic E-state index is -0.490. The maximum Gasteiger partial charge on any atom is 0.410 e. The van der Waals surface area contributed by atoms with Crippen LogP contribution in [-0.4, -0.2) is 53.6 Å². The summed E-state index contributed by atoms with van der Waals surface area (Å²) in [7, 11) is 0. The second kappa shape index (κ2) is 7.15. The van der Waals surface area contributed by atoms with Gasteiger partial charge in [0.2, 0.25) is 0 Å². The molecule has 2 aliphatic rings. The van der Waals surface area contributed by atoms with Crippen LogP contribution in [0.2, 0.25) is 0 Å². The first kappa shape index (κ1) is 19.1. The van der Waals surface area contributed by atoms with Gasteiger partial charge in [0.15, 0.2) is 5.76 Å². The van der Waals surface area contributed by atoms with Crippen molar-refractivity contribution in [3.8, 4) is 0 Å². The number of amides is 2. The molecule has 27 heavy (non-hydrogen) atoms. The number of piperidine rings is 1. The number of likely N-dealkylation sites (tertiary alicyclic amines) is 2. The Bertz CT molecular complexity index is 759. The van der Waals surface area contributed by atoms with E-state index in [-0.39, 0.29) is 29.7 Å². The van der Waals surface area contributed by atoms with Gasteiger partial charge >= 0.3 is 6.09 Å². The Balaban J connectivity index is 1.49. The number of carbonyl (C=O) groups excluding carboxylic acids is 2. The van der Waals surface area contributed by atoms with Crippen molar-refractivity contribution < 1.29 is 18.7 Å². The molecule has 0 unspecified atom stereocenters. The number of rotatable bonds is 3. The van der Waals surface area contributed by atoms with Crippen molar-refractivity contribution in [1.29, 1.82) is 0 Å². The predicted octanol–water partition coefficient (Wildman–Crippen LogP) is 3.56. The molecule has 1 aromatic rings. The van der Waals surface area contributed by atoms with Gasteiger partial charge in [0.1, 0.15) is 11.4 Å². The van der Waals surface area contributed by atoms with Crippen molar-refractivity contribution in [1.82, 2.24) is 9.80 Å². The van der Waals surface area contributed by atoms with E-state index in [9.17, 15) is 9.59 Å². The average Bonchev–Trinajstić information content (AvgIpc) is 3.04. The molecule has 0 aromatic carbocycles. The fourth-order valence-corrected chi connectivity index (χ4v) is 3.55. The van der Waals surface area contributed by atoms with Crippen molar-refractivity contribution in [2.75, 3.05) is 26.2 Å². The van der Waals surface area contributed by atoms with Crippen LogP contribution in [0.4, 0.5) is 4.79 Å². The van der Waals surface area contributed by atoms with Crippen LogP contribution in [0, 0.1) is 5.41 Å². The molecule has 0 radical (unpaired) electrons. The Kier molecular flexibility index (Phi) is 5.06. The molecule has 1 aromatic heterocycles. The number of nitrogens with zero attached hydrogens (tertiary/aromatic N) is 5. The van der Waals surface area contributed by atoms with Crippen molar-refractivity contribution in [2.24, 2.45) is 10.5 Å². The van der Waals surface area contributed by atoms with Gasteiger partial charge < -0.3 is 19.0 Å². The lowest BCUT2D eigenvalue weighted by atomic mass is 9.72. The molecule has 3 heterocycles. The Hall–Kier alpha value is -2.67. The first-order valence-corrected chi connectivity index (χ1v) is 9.08. The lowest BCUT2D eigenvalue weighted by molar-refractivity contribution is -0.0565. The van der Waals surface area contributed by atoms with Crippen LogP contribution in [0.3, 0.4) is 0 Å². The third kappa shape index (κ3) is 4.36. The van der Waals surface area contributed by atoms with Crippen LogP contribution in [0.15, 0.2) is 21.7 Å². The summed E-state index contributed by atoms with van der Waals surface area (Å²) in [6.07, 6.45) is 1.43. The molecule has 0 aliphatic carbocycles. The van der Waals surface area contributed by atoms with Crippen molar-refractivity contribution in [3.63, 3.8) is 0 Å². The molecule has 1 spiro atoms. The van der Waals surface area contributed by atoms with E-state index >= 15 is 0 Å². The number of azide groups is 1. The van der Waals surface area contributed by atoms with Gasteiger partial charge in [-0.1, -0.05) is 5.11 Å². The van der Waals surface area contributed by atoms with Gasteiger partial charge in [0.05, 0.1) is 6.54 Å². The predicted molar refractivity (Wildman–Crippen MR) is 96.9 cm³/mol. The summed E-state index contributed by atoms with van der Waals surface area (Å²) in [5.41, 5.74) is 7.94. The zero-order chi connectivity index (χ0) is 19.7. The quantitative estimate of drug-likeness (QED) is 0.456. The van der Waals surface area contributed by atoms with Gasteiger partial charge in [0, 0.05) is 36.5 Å². The molecule has 0 bridgehead atoms.